The number of amides is 1. The van der Waals surface area contributed by atoms with Gasteiger partial charge in [-0.3, -0.25) is 14.4 Å². The van der Waals surface area contributed by atoms with Gasteiger partial charge < -0.3 is 15.0 Å². The van der Waals surface area contributed by atoms with Gasteiger partial charge in [0, 0.05) is 12.1 Å². The molecule has 3 rings (SSSR count). The number of aromatic amines is 1. The van der Waals surface area contributed by atoms with Crippen LogP contribution in [0.5, 0.6) is 0 Å². The molecule has 1 aromatic heterocycles. The summed E-state index contributed by atoms with van der Waals surface area (Å²) in [4.78, 5) is 43.0. The molecule has 1 heterocycles. The Labute approximate surface area is 174 Å². The number of rotatable bonds is 8. The third kappa shape index (κ3) is 5.53. The summed E-state index contributed by atoms with van der Waals surface area (Å²) in [6, 6.07) is 14.6. The predicted molar refractivity (Wildman–Crippen MR) is 115 cm³/mol. The van der Waals surface area contributed by atoms with E-state index >= 15 is 0 Å². The molecule has 0 aliphatic carbocycles. The zero-order valence-corrected chi connectivity index (χ0v) is 17.1. The number of benzene rings is 2. The minimum Gasteiger partial charge on any atom is -0.456 e. The monoisotopic (exact) mass is 407 g/mol. The quantitative estimate of drug-likeness (QED) is 0.556. The van der Waals surface area contributed by atoms with Crippen molar-refractivity contribution in [1.82, 2.24) is 9.97 Å². The molecule has 3 aromatic rings. The highest BCUT2D eigenvalue weighted by Gasteiger charge is 2.11. The largest absolute Gasteiger partial charge is 0.456 e. The maximum Gasteiger partial charge on any atom is 0.306 e. The lowest BCUT2D eigenvalue weighted by Crippen LogP contribution is -2.21. The summed E-state index contributed by atoms with van der Waals surface area (Å²) in [6.07, 6.45) is 1.28. The van der Waals surface area contributed by atoms with Gasteiger partial charge in [0.2, 0.25) is 0 Å². The summed E-state index contributed by atoms with van der Waals surface area (Å²) in [6.45, 7) is 3.91. The molecule has 2 aromatic carbocycles. The van der Waals surface area contributed by atoms with Crippen LogP contribution in [0.3, 0.4) is 0 Å². The highest BCUT2D eigenvalue weighted by molar-refractivity contribution is 5.92. The summed E-state index contributed by atoms with van der Waals surface area (Å²) in [5.74, 6) is -0.0748. The molecule has 0 unspecified atom stereocenters. The van der Waals surface area contributed by atoms with Crippen molar-refractivity contribution >= 4 is 28.5 Å². The maximum absolute atomic E-state index is 12.0. The predicted octanol–water partition coefficient (Wildman–Crippen LogP) is 3.55. The second-order valence-electron chi connectivity index (χ2n) is 7.17. The number of fused-ring (bicyclic) bond motifs is 1. The molecule has 7 heteroatoms. The number of ether oxygens (including phenoxy) is 1. The molecule has 1 amide bonds. The van der Waals surface area contributed by atoms with E-state index in [2.05, 4.69) is 29.1 Å². The molecule has 2 N–H and O–H groups in total. The Morgan fingerprint density at radius 3 is 2.60 bits per heavy atom. The topological polar surface area (TPSA) is 101 Å². The van der Waals surface area contributed by atoms with E-state index in [0.29, 0.717) is 28.3 Å². The van der Waals surface area contributed by atoms with Gasteiger partial charge in [0.25, 0.3) is 11.5 Å². The van der Waals surface area contributed by atoms with Crippen molar-refractivity contribution in [2.45, 2.75) is 39.0 Å². The first-order chi connectivity index (χ1) is 14.5. The molecule has 7 nitrogen and oxygen atoms in total. The van der Waals surface area contributed by atoms with Crippen LogP contribution in [-0.2, 0) is 20.7 Å². The molecule has 0 spiro atoms. The fraction of sp³-hybridized carbons (Fsp3) is 0.304. The second kappa shape index (κ2) is 9.82. The molecule has 0 aliphatic heterocycles. The Morgan fingerprint density at radius 1 is 1.13 bits per heavy atom. The number of carbonyl (C=O) groups excluding carboxylic acids is 2. The van der Waals surface area contributed by atoms with Gasteiger partial charge in [0.1, 0.15) is 5.82 Å². The smallest absolute Gasteiger partial charge is 0.306 e. The zero-order valence-electron chi connectivity index (χ0n) is 17.1. The summed E-state index contributed by atoms with van der Waals surface area (Å²) in [7, 11) is 0. The van der Waals surface area contributed by atoms with Crippen molar-refractivity contribution in [3.05, 3.63) is 70.3 Å². The second-order valence-corrected chi connectivity index (χ2v) is 7.17. The van der Waals surface area contributed by atoms with Gasteiger partial charge in [-0.15, -0.1) is 0 Å². The highest BCUT2D eigenvalue weighted by Crippen LogP contribution is 2.20. The SMILES string of the molecule is CC[C@H](C)c1ccc(NC(=O)COC(=O)CCc2nc3ccccc3c(=O)[nH]2)cc1. The first-order valence-corrected chi connectivity index (χ1v) is 9.99. The summed E-state index contributed by atoms with van der Waals surface area (Å²) in [5.41, 5.74) is 2.19. The van der Waals surface area contributed by atoms with Crippen molar-refractivity contribution < 1.29 is 14.3 Å². The Kier molecular flexibility index (Phi) is 6.95. The number of hydrogen-bond acceptors (Lipinski definition) is 5. The van der Waals surface area contributed by atoms with Crippen molar-refractivity contribution in [1.29, 1.82) is 0 Å². The van der Waals surface area contributed by atoms with Crippen LogP contribution in [0, 0.1) is 0 Å². The van der Waals surface area contributed by atoms with Crippen LogP contribution in [0.4, 0.5) is 5.69 Å². The number of H-pyrrole nitrogens is 1. The molecule has 30 heavy (non-hydrogen) atoms. The third-order valence-corrected chi connectivity index (χ3v) is 4.97. The number of esters is 1. The van der Waals surface area contributed by atoms with Crippen molar-refractivity contribution in [3.8, 4) is 0 Å². The lowest BCUT2D eigenvalue weighted by Gasteiger charge is -2.10. The lowest BCUT2D eigenvalue weighted by molar-refractivity contribution is -0.147. The van der Waals surface area contributed by atoms with Crippen LogP contribution in [-0.4, -0.2) is 28.5 Å². The van der Waals surface area contributed by atoms with E-state index in [-0.39, 0.29) is 25.0 Å². The number of carbonyl (C=O) groups is 2. The van der Waals surface area contributed by atoms with Gasteiger partial charge >= 0.3 is 5.97 Å². The van der Waals surface area contributed by atoms with Gasteiger partial charge in [-0.1, -0.05) is 38.1 Å². The van der Waals surface area contributed by atoms with Crippen LogP contribution in [0.1, 0.15) is 44.0 Å². The Bertz CT molecular complexity index is 1090. The Hall–Kier alpha value is -3.48. The van der Waals surface area contributed by atoms with Gasteiger partial charge in [0.15, 0.2) is 6.61 Å². The number of nitrogens with one attached hydrogen (secondary N) is 2. The van der Waals surface area contributed by atoms with Crippen LogP contribution in [0.2, 0.25) is 0 Å². The fourth-order valence-electron chi connectivity index (χ4n) is 3.02. The van der Waals surface area contributed by atoms with Crippen LogP contribution in [0.25, 0.3) is 10.9 Å². The molecular weight excluding hydrogens is 382 g/mol. The van der Waals surface area contributed by atoms with Gasteiger partial charge in [0.05, 0.1) is 17.3 Å². The molecule has 0 aliphatic rings. The number of anilines is 1. The number of para-hydroxylation sites is 1. The van der Waals surface area contributed by atoms with E-state index in [4.69, 9.17) is 4.74 Å². The fourth-order valence-corrected chi connectivity index (χ4v) is 3.02. The van der Waals surface area contributed by atoms with Crippen LogP contribution < -0.4 is 10.9 Å². The number of aromatic nitrogens is 2. The average molecular weight is 407 g/mol. The summed E-state index contributed by atoms with van der Waals surface area (Å²) >= 11 is 0. The minimum absolute atomic E-state index is 0.0121. The molecule has 0 bridgehead atoms. The van der Waals surface area contributed by atoms with Gasteiger partial charge in [-0.05, 0) is 42.2 Å². The number of nitrogens with zero attached hydrogens (tertiary/aromatic N) is 1. The van der Waals surface area contributed by atoms with Crippen molar-refractivity contribution in [2.75, 3.05) is 11.9 Å². The van der Waals surface area contributed by atoms with Crippen LogP contribution in [0.15, 0.2) is 53.3 Å². The molecule has 1 atom stereocenters. The average Bonchev–Trinajstić information content (AvgIpc) is 2.76. The molecule has 0 fully saturated rings. The first-order valence-electron chi connectivity index (χ1n) is 9.99. The molecule has 0 saturated heterocycles. The van der Waals surface area contributed by atoms with E-state index in [1.54, 1.807) is 24.3 Å². The standard InChI is InChI=1S/C23H25N3O4/c1-3-15(2)16-8-10-17(11-9-16)24-21(27)14-30-22(28)13-12-20-25-19-7-5-4-6-18(19)23(29)26-20/h4-11,15H,3,12-14H2,1-2H3,(H,24,27)(H,25,26,29)/t15-/m0/s1. The van der Waals surface area contributed by atoms with Crippen molar-refractivity contribution in [2.24, 2.45) is 0 Å². The molecule has 0 radical (unpaired) electrons. The summed E-state index contributed by atoms with van der Waals surface area (Å²) in [5, 5.41) is 3.20. The van der Waals surface area contributed by atoms with Crippen molar-refractivity contribution in [3.63, 3.8) is 0 Å². The number of aryl methyl sites for hydroxylation is 1. The third-order valence-electron chi connectivity index (χ3n) is 4.97. The molecule has 156 valence electrons. The van der Waals surface area contributed by atoms with Gasteiger partial charge in [-0.25, -0.2) is 4.98 Å². The van der Waals surface area contributed by atoms with Gasteiger partial charge in [-0.2, -0.15) is 0 Å². The summed E-state index contributed by atoms with van der Waals surface area (Å²) < 4.78 is 5.02. The highest BCUT2D eigenvalue weighted by atomic mass is 16.5. The van der Waals surface area contributed by atoms with Crippen LogP contribution >= 0.6 is 0 Å². The molecule has 0 saturated carbocycles. The minimum atomic E-state index is -0.534. The van der Waals surface area contributed by atoms with E-state index < -0.39 is 11.9 Å². The van der Waals surface area contributed by atoms with E-state index in [9.17, 15) is 14.4 Å². The normalized spacial score (nSPS) is 11.8. The van der Waals surface area contributed by atoms with E-state index in [1.165, 1.54) is 5.56 Å². The lowest BCUT2D eigenvalue weighted by atomic mass is 9.99. The Balaban J connectivity index is 1.46. The zero-order chi connectivity index (χ0) is 21.5. The van der Waals surface area contributed by atoms with E-state index in [1.807, 2.05) is 24.3 Å². The number of hydrogen-bond donors (Lipinski definition) is 2. The maximum atomic E-state index is 12.0. The Morgan fingerprint density at radius 2 is 1.87 bits per heavy atom. The first kappa shape index (κ1) is 21.2. The molecular formula is C23H25N3O4. The van der Waals surface area contributed by atoms with E-state index in [0.717, 1.165) is 6.42 Å².